The van der Waals surface area contributed by atoms with Crippen molar-refractivity contribution in [2.24, 2.45) is 17.3 Å². The van der Waals surface area contributed by atoms with E-state index >= 15 is 8.78 Å². The minimum absolute atomic E-state index is 0. The summed E-state index contributed by atoms with van der Waals surface area (Å²) in [6, 6.07) is 6.90. The van der Waals surface area contributed by atoms with Gasteiger partial charge in [0.25, 0.3) is 0 Å². The summed E-state index contributed by atoms with van der Waals surface area (Å²) >= 11 is 0. The molecule has 0 bridgehead atoms. The van der Waals surface area contributed by atoms with Crippen molar-refractivity contribution in [3.05, 3.63) is 52.6 Å². The van der Waals surface area contributed by atoms with E-state index in [1.165, 1.54) is 5.57 Å². The van der Waals surface area contributed by atoms with E-state index in [-0.39, 0.29) is 62.8 Å². The Labute approximate surface area is 233 Å². The number of sulfone groups is 1. The van der Waals surface area contributed by atoms with Gasteiger partial charge < -0.3 is 5.11 Å². The zero-order valence-corrected chi connectivity index (χ0v) is 21.8. The van der Waals surface area contributed by atoms with E-state index in [4.69, 9.17) is 6.42 Å². The van der Waals surface area contributed by atoms with Gasteiger partial charge in [-0.3, -0.25) is 4.79 Å². The van der Waals surface area contributed by atoms with Gasteiger partial charge in [0, 0.05) is 19.2 Å². The first-order valence-corrected chi connectivity index (χ1v) is 14.9. The predicted octanol–water partition coefficient (Wildman–Crippen LogP) is 7.04. The van der Waals surface area contributed by atoms with Gasteiger partial charge in [0.2, 0.25) is 0 Å². The van der Waals surface area contributed by atoms with Crippen LogP contribution in [0.15, 0.2) is 52.0 Å². The Morgan fingerprint density at radius 3 is 2.36 bits per heavy atom. The lowest BCUT2D eigenvalue weighted by molar-refractivity contribution is -0.209. The lowest BCUT2D eigenvalue weighted by Crippen LogP contribution is -2.60. The second-order valence-electron chi connectivity index (χ2n) is 11.9. The zero-order chi connectivity index (χ0) is 26.4. The maximum Gasteiger partial charge on any atom is 0.336 e. The molecule has 1 N–H and O–H groups in total. The van der Waals surface area contributed by atoms with Crippen LogP contribution in [0, 0.1) is 29.6 Å². The van der Waals surface area contributed by atoms with Crippen molar-refractivity contribution in [1.29, 1.82) is 0 Å². The fraction of sp³-hybridized carbons (Fsp3) is 0.594. The molecule has 6 rings (SSSR count). The summed E-state index contributed by atoms with van der Waals surface area (Å²) in [6.45, 7) is 1.77. The lowest BCUT2D eigenvalue weighted by Gasteiger charge is -2.55. The fourth-order valence-corrected chi connectivity index (χ4v) is 9.72. The van der Waals surface area contributed by atoms with E-state index in [0.29, 0.717) is 32.1 Å². The highest BCUT2D eigenvalue weighted by Crippen LogP contribution is 2.69. The second-order valence-corrected chi connectivity index (χ2v) is 14.2. The smallest absolute Gasteiger partial charge is 0.336 e. The topological polar surface area (TPSA) is 71.4 Å². The lowest BCUT2D eigenvalue weighted by atomic mass is 9.50. The molecule has 0 amide bonds. The Kier molecular flexibility index (Phi) is 7.35. The molecule has 0 heterocycles. The number of aliphatic hydroxyl groups is 1. The van der Waals surface area contributed by atoms with Gasteiger partial charge in [-0.2, -0.15) is 8.78 Å². The normalized spacial score (nSPS) is 34.0. The Morgan fingerprint density at radius 2 is 1.74 bits per heavy atom. The van der Waals surface area contributed by atoms with Gasteiger partial charge in [-0.1, -0.05) is 39.5 Å². The number of hydrogen-bond donors (Lipinski definition) is 1. The summed E-state index contributed by atoms with van der Waals surface area (Å²) in [4.78, 5) is 12.5. The summed E-state index contributed by atoms with van der Waals surface area (Å²) in [5, 5.41) is 11.3. The first kappa shape index (κ1) is 29.7. The molecular formula is C32H42F2O4S. The van der Waals surface area contributed by atoms with E-state index in [0.717, 1.165) is 29.6 Å². The largest absolute Gasteiger partial charge is 0.382 e. The van der Waals surface area contributed by atoms with Crippen LogP contribution in [0.1, 0.15) is 92.5 Å². The first-order valence-electron chi connectivity index (χ1n) is 13.3. The van der Waals surface area contributed by atoms with E-state index < -0.39 is 26.8 Å². The highest BCUT2D eigenvalue weighted by Gasteiger charge is 2.71. The van der Waals surface area contributed by atoms with Crippen LogP contribution in [-0.2, 0) is 14.6 Å². The van der Waals surface area contributed by atoms with Crippen molar-refractivity contribution >= 4 is 15.6 Å². The molecule has 0 aromatic heterocycles. The predicted molar refractivity (Wildman–Crippen MR) is 151 cm³/mol. The van der Waals surface area contributed by atoms with Crippen molar-refractivity contribution in [2.75, 3.05) is 0 Å². The maximum absolute atomic E-state index is 15.2. The number of rotatable bonds is 4. The molecule has 3 saturated carbocycles. The number of benzene rings is 1. The molecule has 4 unspecified atom stereocenters. The summed E-state index contributed by atoms with van der Waals surface area (Å²) in [6.07, 6.45) is 11.6. The van der Waals surface area contributed by atoms with Crippen LogP contribution < -0.4 is 0 Å². The summed E-state index contributed by atoms with van der Waals surface area (Å²) in [5.41, 5.74) is 0.828. The van der Waals surface area contributed by atoms with Gasteiger partial charge >= 0.3 is 5.92 Å². The second kappa shape index (κ2) is 9.66. The van der Waals surface area contributed by atoms with Crippen LogP contribution in [0.25, 0.3) is 0 Å². The molecule has 7 heteroatoms. The minimum Gasteiger partial charge on any atom is -0.382 e. The van der Waals surface area contributed by atoms with Gasteiger partial charge in [0.05, 0.1) is 10.1 Å². The Bertz CT molecular complexity index is 1390. The molecule has 5 atom stereocenters. The van der Waals surface area contributed by atoms with Gasteiger partial charge in [-0.15, -0.1) is 6.42 Å². The minimum atomic E-state index is -3.66. The maximum atomic E-state index is 15.2. The number of fused-ring (bicyclic) bond motifs is 4. The van der Waals surface area contributed by atoms with Gasteiger partial charge in [-0.25, -0.2) is 8.42 Å². The van der Waals surface area contributed by atoms with Crippen molar-refractivity contribution in [2.45, 2.75) is 107 Å². The van der Waals surface area contributed by atoms with Crippen LogP contribution in [0.2, 0.25) is 0 Å². The molecule has 0 spiro atoms. The Morgan fingerprint density at radius 1 is 1.08 bits per heavy atom. The molecule has 1 aromatic carbocycles. The van der Waals surface area contributed by atoms with Gasteiger partial charge in [0.15, 0.2) is 15.6 Å². The van der Waals surface area contributed by atoms with Crippen molar-refractivity contribution in [1.82, 2.24) is 0 Å². The van der Waals surface area contributed by atoms with Crippen LogP contribution in [0.5, 0.6) is 0 Å². The van der Waals surface area contributed by atoms with E-state index in [2.05, 4.69) is 0 Å². The molecule has 214 valence electrons. The number of ketones is 1. The van der Waals surface area contributed by atoms with Crippen molar-refractivity contribution in [3.8, 4) is 12.3 Å². The molecule has 0 aliphatic heterocycles. The number of hydrogen-bond acceptors (Lipinski definition) is 4. The Hall–Kier alpha value is -2.30. The molecular weight excluding hydrogens is 518 g/mol. The highest BCUT2D eigenvalue weighted by atomic mass is 32.2. The summed E-state index contributed by atoms with van der Waals surface area (Å²) in [5.74, 6) is -2.37. The van der Waals surface area contributed by atoms with Gasteiger partial charge in [-0.05, 0) is 104 Å². The standard InChI is InChI=1S/C30H32F2O4S.2CH4.H2/c1-3-30(31,32)29(34)15-14-26-24-12-6-19-16-20(33)7-13-23(19)27(24)25(17-28(26,29)2)18-4-8-21(9-5-18)37(35,36)22-10-11-22;;;/h1,4-5,8-9,16,22,24-26,34H,6-7,10-15,17H2,2H3;2*1H4;1H/t24?,25?,26?,28?,29-;;;/m0.../s1. The van der Waals surface area contributed by atoms with Crippen molar-refractivity contribution < 1.29 is 28.5 Å². The molecule has 3 fully saturated rings. The van der Waals surface area contributed by atoms with E-state index in [9.17, 15) is 18.3 Å². The van der Waals surface area contributed by atoms with Crippen LogP contribution >= 0.6 is 0 Å². The molecule has 5 aliphatic carbocycles. The molecule has 0 saturated heterocycles. The molecule has 5 aliphatic rings. The molecule has 1 aromatic rings. The number of halogens is 2. The quantitative estimate of drug-likeness (QED) is 0.401. The number of carbonyl (C=O) groups is 1. The average molecular weight is 561 g/mol. The zero-order valence-electron chi connectivity index (χ0n) is 21.0. The average Bonchev–Trinajstić information content (AvgIpc) is 3.69. The molecule has 0 radical (unpaired) electrons. The number of allylic oxidation sites excluding steroid dienone is 4. The Balaban J connectivity index is 0.00000147. The van der Waals surface area contributed by atoms with Crippen LogP contribution in [0.3, 0.4) is 0 Å². The summed E-state index contributed by atoms with van der Waals surface area (Å²) in [7, 11) is -3.35. The third-order valence-corrected chi connectivity index (χ3v) is 12.4. The molecule has 4 nitrogen and oxygen atoms in total. The first-order chi connectivity index (χ1) is 17.4. The monoisotopic (exact) mass is 560 g/mol. The molecule has 39 heavy (non-hydrogen) atoms. The highest BCUT2D eigenvalue weighted by molar-refractivity contribution is 7.92. The van der Waals surface area contributed by atoms with Crippen molar-refractivity contribution in [3.63, 3.8) is 0 Å². The summed E-state index contributed by atoms with van der Waals surface area (Å²) < 4.78 is 55.9. The third kappa shape index (κ3) is 4.16. The number of terminal acetylenes is 1. The SMILES string of the molecule is C.C.C#CC(F)(F)[C@]1(O)CCC2C3CCC4=CC(=O)CCC4=C3C(c3ccc(S(=O)(=O)C4CC4)cc3)CC21C.[HH]. The number of alkyl halides is 2. The number of carbonyl (C=O) groups excluding carboxylic acids is 1. The van der Waals surface area contributed by atoms with Gasteiger partial charge in [0.1, 0.15) is 5.60 Å². The van der Waals surface area contributed by atoms with E-state index in [1.54, 1.807) is 31.1 Å². The van der Waals surface area contributed by atoms with Crippen LogP contribution in [0.4, 0.5) is 8.78 Å². The van der Waals surface area contributed by atoms with E-state index in [1.807, 2.05) is 12.1 Å². The fourth-order valence-electron chi connectivity index (χ4n) is 8.06. The van der Waals surface area contributed by atoms with Crippen LogP contribution in [-0.4, -0.2) is 36.1 Å². The third-order valence-electron chi connectivity index (χ3n) is 10.2.